The standard InChI is InChI=1S/C19H18ClN5/c1-13-10-15-4-2-3-5-17(15)25(13)19-23-18(12-22-24-19)21-11-14-6-8-16(20)9-7-14/h2-9,12-13H,10-11H2,1H3,(H,21,23,24). The topological polar surface area (TPSA) is 53.9 Å². The summed E-state index contributed by atoms with van der Waals surface area (Å²) >= 11 is 5.92. The van der Waals surface area contributed by atoms with Gasteiger partial charge in [-0.2, -0.15) is 10.1 Å². The first-order valence-electron chi connectivity index (χ1n) is 8.26. The van der Waals surface area contributed by atoms with Crippen LogP contribution in [0.2, 0.25) is 5.02 Å². The van der Waals surface area contributed by atoms with E-state index in [2.05, 4.69) is 50.5 Å². The highest BCUT2D eigenvalue weighted by atomic mass is 35.5. The van der Waals surface area contributed by atoms with Gasteiger partial charge in [-0.3, -0.25) is 0 Å². The summed E-state index contributed by atoms with van der Waals surface area (Å²) in [6.45, 7) is 2.83. The van der Waals surface area contributed by atoms with Crippen molar-refractivity contribution in [3.8, 4) is 0 Å². The average molecular weight is 352 g/mol. The van der Waals surface area contributed by atoms with Crippen LogP contribution in [0.4, 0.5) is 17.5 Å². The van der Waals surface area contributed by atoms with E-state index in [1.54, 1.807) is 6.20 Å². The van der Waals surface area contributed by atoms with Gasteiger partial charge in [0.2, 0.25) is 0 Å². The van der Waals surface area contributed by atoms with Crippen molar-refractivity contribution in [2.45, 2.75) is 25.9 Å². The molecule has 126 valence electrons. The summed E-state index contributed by atoms with van der Waals surface area (Å²) in [7, 11) is 0. The lowest BCUT2D eigenvalue weighted by atomic mass is 10.1. The maximum atomic E-state index is 5.92. The number of hydrogen-bond acceptors (Lipinski definition) is 5. The summed E-state index contributed by atoms with van der Waals surface area (Å²) in [4.78, 5) is 6.80. The summed E-state index contributed by atoms with van der Waals surface area (Å²) < 4.78 is 0. The molecule has 4 rings (SSSR count). The van der Waals surface area contributed by atoms with E-state index in [0.717, 1.165) is 22.7 Å². The minimum Gasteiger partial charge on any atom is -0.365 e. The molecule has 0 saturated carbocycles. The molecule has 1 aromatic heterocycles. The van der Waals surface area contributed by atoms with E-state index >= 15 is 0 Å². The highest BCUT2D eigenvalue weighted by Crippen LogP contribution is 2.36. The van der Waals surface area contributed by atoms with Gasteiger partial charge in [-0.1, -0.05) is 41.9 Å². The minimum atomic E-state index is 0.311. The van der Waals surface area contributed by atoms with Gasteiger partial charge in [0, 0.05) is 23.3 Å². The van der Waals surface area contributed by atoms with Gasteiger partial charge in [0.05, 0.1) is 6.20 Å². The Balaban J connectivity index is 1.54. The Morgan fingerprint density at radius 2 is 1.96 bits per heavy atom. The van der Waals surface area contributed by atoms with E-state index < -0.39 is 0 Å². The molecular formula is C19H18ClN5. The molecule has 1 aliphatic heterocycles. The molecule has 25 heavy (non-hydrogen) atoms. The third-order valence-corrected chi connectivity index (χ3v) is 4.61. The van der Waals surface area contributed by atoms with Gasteiger partial charge in [0.25, 0.3) is 5.95 Å². The van der Waals surface area contributed by atoms with Crippen molar-refractivity contribution in [3.63, 3.8) is 0 Å². The van der Waals surface area contributed by atoms with Crippen LogP contribution in [0.5, 0.6) is 0 Å². The largest absolute Gasteiger partial charge is 0.365 e. The molecule has 5 nitrogen and oxygen atoms in total. The molecule has 1 atom stereocenters. The Hall–Kier alpha value is -2.66. The predicted molar refractivity (Wildman–Crippen MR) is 100 cm³/mol. The molecule has 2 heterocycles. The van der Waals surface area contributed by atoms with Gasteiger partial charge >= 0.3 is 0 Å². The molecule has 1 unspecified atom stereocenters. The third kappa shape index (κ3) is 3.28. The normalized spacial score (nSPS) is 15.9. The number of nitrogens with one attached hydrogen (secondary N) is 1. The van der Waals surface area contributed by atoms with Gasteiger partial charge in [-0.25, -0.2) is 0 Å². The Labute approximate surface area is 151 Å². The van der Waals surface area contributed by atoms with E-state index in [9.17, 15) is 0 Å². The SMILES string of the molecule is CC1Cc2ccccc2N1c1nncc(NCc2ccc(Cl)cc2)n1. The number of benzene rings is 2. The van der Waals surface area contributed by atoms with Crippen LogP contribution in [0.25, 0.3) is 0 Å². The quantitative estimate of drug-likeness (QED) is 0.762. The van der Waals surface area contributed by atoms with Crippen molar-refractivity contribution < 1.29 is 0 Å². The lowest BCUT2D eigenvalue weighted by Crippen LogP contribution is -2.26. The number of para-hydroxylation sites is 1. The zero-order valence-electron chi connectivity index (χ0n) is 13.9. The van der Waals surface area contributed by atoms with Crippen LogP contribution >= 0.6 is 11.6 Å². The van der Waals surface area contributed by atoms with Crippen LogP contribution in [0.1, 0.15) is 18.1 Å². The van der Waals surface area contributed by atoms with Gasteiger partial charge in [-0.15, -0.1) is 5.10 Å². The molecule has 6 heteroatoms. The molecule has 0 amide bonds. The Morgan fingerprint density at radius 1 is 1.16 bits per heavy atom. The summed E-state index contributed by atoms with van der Waals surface area (Å²) in [5.74, 6) is 1.33. The van der Waals surface area contributed by atoms with Crippen LogP contribution < -0.4 is 10.2 Å². The second kappa shape index (κ2) is 6.69. The molecule has 1 aliphatic rings. The number of aromatic nitrogens is 3. The highest BCUT2D eigenvalue weighted by molar-refractivity contribution is 6.30. The Bertz CT molecular complexity index is 881. The van der Waals surface area contributed by atoms with Gasteiger partial charge < -0.3 is 10.2 Å². The van der Waals surface area contributed by atoms with Gasteiger partial charge in [0.1, 0.15) is 0 Å². The van der Waals surface area contributed by atoms with Crippen molar-refractivity contribution in [2.75, 3.05) is 10.2 Å². The number of fused-ring (bicyclic) bond motifs is 1. The number of nitrogens with zero attached hydrogens (tertiary/aromatic N) is 4. The van der Waals surface area contributed by atoms with E-state index in [1.165, 1.54) is 5.56 Å². The van der Waals surface area contributed by atoms with Crippen LogP contribution in [-0.4, -0.2) is 21.2 Å². The summed E-state index contributed by atoms with van der Waals surface area (Å²) in [6, 6.07) is 16.4. The smallest absolute Gasteiger partial charge is 0.252 e. The lowest BCUT2D eigenvalue weighted by molar-refractivity contribution is 0.729. The minimum absolute atomic E-state index is 0.311. The zero-order chi connectivity index (χ0) is 17.2. The van der Waals surface area contributed by atoms with Crippen molar-refractivity contribution in [2.24, 2.45) is 0 Å². The van der Waals surface area contributed by atoms with E-state index in [1.807, 2.05) is 30.3 Å². The Kier molecular flexibility index (Phi) is 4.24. The molecule has 0 aliphatic carbocycles. The summed E-state index contributed by atoms with van der Waals surface area (Å²) in [6.07, 6.45) is 2.63. The summed E-state index contributed by atoms with van der Waals surface area (Å²) in [5.41, 5.74) is 3.61. The molecule has 0 saturated heterocycles. The predicted octanol–water partition coefficient (Wildman–Crippen LogP) is 4.22. The van der Waals surface area contributed by atoms with Crippen LogP contribution in [0.15, 0.2) is 54.7 Å². The van der Waals surface area contributed by atoms with Gasteiger partial charge in [-0.05, 0) is 42.7 Å². The first kappa shape index (κ1) is 15.8. The maximum Gasteiger partial charge on any atom is 0.252 e. The van der Waals surface area contributed by atoms with E-state index in [4.69, 9.17) is 11.6 Å². The Morgan fingerprint density at radius 3 is 2.80 bits per heavy atom. The van der Waals surface area contributed by atoms with Gasteiger partial charge in [0.15, 0.2) is 5.82 Å². The number of anilines is 3. The maximum absolute atomic E-state index is 5.92. The van der Waals surface area contributed by atoms with Crippen molar-refractivity contribution >= 4 is 29.1 Å². The molecule has 0 radical (unpaired) electrons. The molecule has 0 fully saturated rings. The van der Waals surface area contributed by atoms with Crippen molar-refractivity contribution in [1.29, 1.82) is 0 Å². The molecular weight excluding hydrogens is 334 g/mol. The molecule has 0 spiro atoms. The van der Waals surface area contributed by atoms with Crippen molar-refractivity contribution in [3.05, 3.63) is 70.9 Å². The summed E-state index contributed by atoms with van der Waals surface area (Å²) in [5, 5.41) is 12.4. The fourth-order valence-electron chi connectivity index (χ4n) is 3.15. The second-order valence-electron chi connectivity index (χ2n) is 6.17. The molecule has 1 N–H and O–H groups in total. The number of halogens is 1. The molecule has 3 aromatic rings. The second-order valence-corrected chi connectivity index (χ2v) is 6.61. The van der Waals surface area contributed by atoms with Crippen molar-refractivity contribution in [1.82, 2.24) is 15.2 Å². The first-order valence-corrected chi connectivity index (χ1v) is 8.64. The zero-order valence-corrected chi connectivity index (χ0v) is 14.6. The molecule has 0 bridgehead atoms. The van der Waals surface area contributed by atoms with E-state index in [-0.39, 0.29) is 0 Å². The molecule has 2 aromatic carbocycles. The highest BCUT2D eigenvalue weighted by Gasteiger charge is 2.29. The average Bonchev–Trinajstić information content (AvgIpc) is 2.97. The fraction of sp³-hybridized carbons (Fsp3) is 0.211. The lowest BCUT2D eigenvalue weighted by Gasteiger charge is -2.22. The van der Waals surface area contributed by atoms with E-state index in [0.29, 0.717) is 24.4 Å². The first-order chi connectivity index (χ1) is 12.2. The monoisotopic (exact) mass is 351 g/mol. The van der Waals surface area contributed by atoms with Crippen LogP contribution in [-0.2, 0) is 13.0 Å². The fourth-order valence-corrected chi connectivity index (χ4v) is 3.27. The third-order valence-electron chi connectivity index (χ3n) is 4.36. The number of hydrogen-bond donors (Lipinski definition) is 1. The van der Waals surface area contributed by atoms with Crippen LogP contribution in [0, 0.1) is 0 Å². The number of rotatable bonds is 4. The van der Waals surface area contributed by atoms with Crippen LogP contribution in [0.3, 0.4) is 0 Å².